The van der Waals surface area contributed by atoms with Crippen LogP contribution in [0.4, 0.5) is 24.8 Å². The van der Waals surface area contributed by atoms with Crippen LogP contribution in [0.2, 0.25) is 0 Å². The maximum absolute atomic E-state index is 12.8. The van der Waals surface area contributed by atoms with Crippen LogP contribution in [0.1, 0.15) is 35.5 Å². The molecule has 0 amide bonds. The second-order valence-electron chi connectivity index (χ2n) is 4.77. The molecule has 2 aromatic heterocycles. The number of rotatable bonds is 3. The Morgan fingerprint density at radius 2 is 1.95 bits per heavy atom. The third kappa shape index (κ3) is 3.26. The summed E-state index contributed by atoms with van der Waals surface area (Å²) in [5, 5.41) is 6.70. The van der Waals surface area contributed by atoms with Crippen LogP contribution in [0.25, 0.3) is 0 Å². The minimum atomic E-state index is -4.47. The largest absolute Gasteiger partial charge is 0.416 e. The summed E-state index contributed by atoms with van der Waals surface area (Å²) < 4.78 is 43.3. The lowest BCUT2D eigenvalue weighted by molar-refractivity contribution is -0.137. The molecular formula is C13H15F3N4O. The van der Waals surface area contributed by atoms with Crippen LogP contribution in [0.5, 0.6) is 0 Å². The van der Waals surface area contributed by atoms with Crippen molar-refractivity contribution in [3.63, 3.8) is 0 Å². The standard InChI is InChI=1S/C13H15F3N4O/c1-6(12-7(2)20-21-8(12)3)18-11-5-9(13(14,15)16)4-10(17)19-11/h4-6H,1-3H3,(H3,17,18,19). The highest BCUT2D eigenvalue weighted by Crippen LogP contribution is 2.32. The number of hydrogen-bond acceptors (Lipinski definition) is 5. The first-order valence-electron chi connectivity index (χ1n) is 6.22. The van der Waals surface area contributed by atoms with E-state index in [9.17, 15) is 13.2 Å². The van der Waals surface area contributed by atoms with Crippen LogP contribution in [0.3, 0.4) is 0 Å². The monoisotopic (exact) mass is 300 g/mol. The van der Waals surface area contributed by atoms with E-state index in [2.05, 4.69) is 15.5 Å². The van der Waals surface area contributed by atoms with E-state index in [1.165, 1.54) is 0 Å². The summed E-state index contributed by atoms with van der Waals surface area (Å²) in [6.45, 7) is 5.28. The molecule has 0 saturated carbocycles. The molecule has 5 nitrogen and oxygen atoms in total. The Labute approximate surface area is 119 Å². The summed E-state index contributed by atoms with van der Waals surface area (Å²) in [7, 11) is 0. The number of nitrogens with one attached hydrogen (secondary N) is 1. The van der Waals surface area contributed by atoms with Crippen LogP contribution < -0.4 is 11.1 Å². The molecule has 114 valence electrons. The number of nitrogen functional groups attached to an aromatic ring is 1. The van der Waals surface area contributed by atoms with Gasteiger partial charge in [-0.3, -0.25) is 0 Å². The fourth-order valence-electron chi connectivity index (χ4n) is 2.19. The van der Waals surface area contributed by atoms with Gasteiger partial charge < -0.3 is 15.6 Å². The smallest absolute Gasteiger partial charge is 0.384 e. The van der Waals surface area contributed by atoms with E-state index in [4.69, 9.17) is 10.3 Å². The second kappa shape index (κ2) is 5.27. The van der Waals surface area contributed by atoms with E-state index in [0.717, 1.165) is 17.7 Å². The van der Waals surface area contributed by atoms with Crippen molar-refractivity contribution in [1.29, 1.82) is 0 Å². The van der Waals surface area contributed by atoms with Gasteiger partial charge in [0.1, 0.15) is 17.4 Å². The van der Waals surface area contributed by atoms with Crippen molar-refractivity contribution in [2.45, 2.75) is 33.0 Å². The van der Waals surface area contributed by atoms with Gasteiger partial charge in [-0.05, 0) is 32.9 Å². The van der Waals surface area contributed by atoms with Gasteiger partial charge in [0.15, 0.2) is 0 Å². The van der Waals surface area contributed by atoms with E-state index in [1.807, 2.05) is 0 Å². The predicted octanol–water partition coefficient (Wildman–Crippen LogP) is 3.46. The van der Waals surface area contributed by atoms with E-state index in [1.54, 1.807) is 20.8 Å². The minimum absolute atomic E-state index is 0.0508. The van der Waals surface area contributed by atoms with Gasteiger partial charge in [0.05, 0.1) is 17.3 Å². The molecule has 2 aromatic rings. The first kappa shape index (κ1) is 15.1. The Bertz CT molecular complexity index is 632. The molecule has 0 aliphatic rings. The van der Waals surface area contributed by atoms with Gasteiger partial charge in [-0.25, -0.2) is 4.98 Å². The van der Waals surface area contributed by atoms with Gasteiger partial charge in [-0.1, -0.05) is 5.16 Å². The van der Waals surface area contributed by atoms with Crippen LogP contribution in [-0.2, 0) is 6.18 Å². The molecule has 1 atom stereocenters. The molecule has 0 bridgehead atoms. The van der Waals surface area contributed by atoms with Crippen molar-refractivity contribution in [2.75, 3.05) is 11.1 Å². The number of alkyl halides is 3. The molecule has 8 heteroatoms. The fraction of sp³-hybridized carbons (Fsp3) is 0.385. The Morgan fingerprint density at radius 1 is 1.29 bits per heavy atom. The Morgan fingerprint density at radius 3 is 2.48 bits per heavy atom. The Balaban J connectivity index is 2.30. The Hall–Kier alpha value is -2.25. The van der Waals surface area contributed by atoms with Gasteiger partial charge in [-0.15, -0.1) is 0 Å². The fourth-order valence-corrected chi connectivity index (χ4v) is 2.19. The number of anilines is 2. The SMILES string of the molecule is Cc1noc(C)c1C(C)Nc1cc(C(F)(F)F)cc(N)n1. The molecular weight excluding hydrogens is 285 g/mol. The molecule has 21 heavy (non-hydrogen) atoms. The highest BCUT2D eigenvalue weighted by molar-refractivity contribution is 5.49. The number of pyridine rings is 1. The lowest BCUT2D eigenvalue weighted by atomic mass is 10.1. The summed E-state index contributed by atoms with van der Waals surface area (Å²) >= 11 is 0. The third-order valence-corrected chi connectivity index (χ3v) is 3.06. The molecule has 0 aromatic carbocycles. The number of nitrogens with two attached hydrogens (primary N) is 1. The Kier molecular flexibility index (Phi) is 3.80. The third-order valence-electron chi connectivity index (χ3n) is 3.06. The van der Waals surface area contributed by atoms with Gasteiger partial charge >= 0.3 is 6.18 Å². The van der Waals surface area contributed by atoms with Crippen LogP contribution in [0, 0.1) is 13.8 Å². The number of aryl methyl sites for hydroxylation is 2. The summed E-state index contributed by atoms with van der Waals surface area (Å²) in [6, 6.07) is 1.41. The molecule has 2 heterocycles. The van der Waals surface area contributed by atoms with E-state index < -0.39 is 11.7 Å². The quantitative estimate of drug-likeness (QED) is 0.907. The minimum Gasteiger partial charge on any atom is -0.384 e. The molecule has 3 N–H and O–H groups in total. The maximum Gasteiger partial charge on any atom is 0.416 e. The van der Waals surface area contributed by atoms with Crippen LogP contribution in [0.15, 0.2) is 16.7 Å². The maximum atomic E-state index is 12.8. The average molecular weight is 300 g/mol. The number of aromatic nitrogens is 2. The zero-order valence-corrected chi connectivity index (χ0v) is 11.7. The summed E-state index contributed by atoms with van der Waals surface area (Å²) in [6.07, 6.45) is -4.47. The summed E-state index contributed by atoms with van der Waals surface area (Å²) in [4.78, 5) is 3.87. The van der Waals surface area contributed by atoms with Gasteiger partial charge in [0.2, 0.25) is 0 Å². The van der Waals surface area contributed by atoms with E-state index in [-0.39, 0.29) is 17.7 Å². The summed E-state index contributed by atoms with van der Waals surface area (Å²) in [5.74, 6) is 0.459. The molecule has 0 radical (unpaired) electrons. The first-order chi connectivity index (χ1) is 9.68. The molecule has 0 aliphatic carbocycles. The first-order valence-corrected chi connectivity index (χ1v) is 6.22. The van der Waals surface area contributed by atoms with E-state index >= 15 is 0 Å². The van der Waals surface area contributed by atoms with Gasteiger partial charge in [-0.2, -0.15) is 13.2 Å². The molecule has 0 aliphatic heterocycles. The number of halogens is 3. The van der Waals surface area contributed by atoms with Crippen molar-refractivity contribution >= 4 is 11.6 Å². The molecule has 1 unspecified atom stereocenters. The topological polar surface area (TPSA) is 77.0 Å². The summed E-state index contributed by atoms with van der Waals surface area (Å²) in [5.41, 5.74) is 6.04. The zero-order valence-electron chi connectivity index (χ0n) is 11.7. The molecule has 0 fully saturated rings. The average Bonchev–Trinajstić information content (AvgIpc) is 2.67. The van der Waals surface area contributed by atoms with Crippen molar-refractivity contribution < 1.29 is 17.7 Å². The second-order valence-corrected chi connectivity index (χ2v) is 4.77. The predicted molar refractivity (Wildman–Crippen MR) is 71.7 cm³/mol. The lowest BCUT2D eigenvalue weighted by Crippen LogP contribution is -2.13. The zero-order chi connectivity index (χ0) is 15.8. The molecule has 0 spiro atoms. The normalized spacial score (nSPS) is 13.2. The number of hydrogen-bond donors (Lipinski definition) is 2. The van der Waals surface area contributed by atoms with E-state index in [0.29, 0.717) is 11.5 Å². The highest BCUT2D eigenvalue weighted by atomic mass is 19.4. The van der Waals surface area contributed by atoms with Crippen LogP contribution in [-0.4, -0.2) is 10.1 Å². The number of nitrogens with zero attached hydrogens (tertiary/aromatic N) is 2. The lowest BCUT2D eigenvalue weighted by Gasteiger charge is -2.16. The van der Waals surface area contributed by atoms with Crippen LogP contribution >= 0.6 is 0 Å². The molecule has 2 rings (SSSR count). The van der Waals surface area contributed by atoms with Crippen molar-refractivity contribution in [3.05, 3.63) is 34.7 Å². The van der Waals surface area contributed by atoms with Crippen molar-refractivity contribution in [1.82, 2.24) is 10.1 Å². The van der Waals surface area contributed by atoms with Gasteiger partial charge in [0, 0.05) is 5.56 Å². The van der Waals surface area contributed by atoms with Crippen molar-refractivity contribution in [2.24, 2.45) is 0 Å². The highest BCUT2D eigenvalue weighted by Gasteiger charge is 2.31. The van der Waals surface area contributed by atoms with Crippen molar-refractivity contribution in [3.8, 4) is 0 Å². The van der Waals surface area contributed by atoms with Gasteiger partial charge in [0.25, 0.3) is 0 Å². The molecule has 0 saturated heterocycles.